The lowest BCUT2D eigenvalue weighted by atomic mass is 10.2. The van der Waals surface area contributed by atoms with Crippen molar-refractivity contribution in [3.05, 3.63) is 35.9 Å². The van der Waals surface area contributed by atoms with Crippen molar-refractivity contribution in [2.45, 2.75) is 12.6 Å². The molecule has 1 aliphatic rings. The molecule has 2 amide bonds. The van der Waals surface area contributed by atoms with Gasteiger partial charge in [0, 0.05) is 18.1 Å². The molecule has 7 heteroatoms. The number of carbonyl (C=O) groups is 3. The smallest absolute Gasteiger partial charge is 0.407 e. The first-order valence-corrected chi connectivity index (χ1v) is 8.13. The molecule has 0 radical (unpaired) electrons. The summed E-state index contributed by atoms with van der Waals surface area (Å²) in [7, 11) is 0. The van der Waals surface area contributed by atoms with E-state index in [9.17, 15) is 14.4 Å². The van der Waals surface area contributed by atoms with Crippen LogP contribution in [0.3, 0.4) is 0 Å². The van der Waals surface area contributed by atoms with Gasteiger partial charge in [-0.2, -0.15) is 11.8 Å². The van der Waals surface area contributed by atoms with Crippen LogP contribution in [0.15, 0.2) is 30.3 Å². The number of hydrogen-bond donors (Lipinski definition) is 1. The van der Waals surface area contributed by atoms with E-state index in [2.05, 4.69) is 5.32 Å². The Morgan fingerprint density at radius 1 is 1.36 bits per heavy atom. The first-order valence-electron chi connectivity index (χ1n) is 6.98. The molecule has 1 aromatic carbocycles. The number of aldehydes is 1. The number of rotatable bonds is 5. The predicted molar refractivity (Wildman–Crippen MR) is 83.5 cm³/mol. The number of nitrogens with one attached hydrogen (secondary N) is 1. The number of thioether (sulfide) groups is 1. The third-order valence-corrected chi connectivity index (χ3v) is 4.29. The number of nitrogens with zero attached hydrogens (tertiary/aromatic N) is 1. The minimum atomic E-state index is -0.647. The van der Waals surface area contributed by atoms with Gasteiger partial charge in [0.25, 0.3) is 0 Å². The van der Waals surface area contributed by atoms with E-state index >= 15 is 0 Å². The molecule has 0 aromatic heterocycles. The first-order chi connectivity index (χ1) is 10.7. The highest BCUT2D eigenvalue weighted by Gasteiger charge is 2.26. The Morgan fingerprint density at radius 3 is 2.86 bits per heavy atom. The molecule has 22 heavy (non-hydrogen) atoms. The summed E-state index contributed by atoms with van der Waals surface area (Å²) >= 11 is 1.64. The minimum absolute atomic E-state index is 0.151. The molecule has 1 fully saturated rings. The summed E-state index contributed by atoms with van der Waals surface area (Å²) in [5.74, 6) is 1.14. The van der Waals surface area contributed by atoms with E-state index in [1.807, 2.05) is 30.3 Å². The van der Waals surface area contributed by atoms with Crippen molar-refractivity contribution < 1.29 is 19.1 Å². The summed E-state index contributed by atoms with van der Waals surface area (Å²) in [6.07, 6.45) is 0.129. The van der Waals surface area contributed by atoms with Crippen LogP contribution in [0, 0.1) is 0 Å². The summed E-state index contributed by atoms with van der Waals surface area (Å²) in [5, 5.41) is 2.42. The van der Waals surface area contributed by atoms with Crippen LogP contribution in [0.4, 0.5) is 4.79 Å². The number of ether oxygens (including phenoxy) is 1. The summed E-state index contributed by atoms with van der Waals surface area (Å²) in [4.78, 5) is 36.1. The molecular weight excluding hydrogens is 304 g/mol. The van der Waals surface area contributed by atoms with Crippen LogP contribution in [-0.4, -0.2) is 53.8 Å². The van der Waals surface area contributed by atoms with Crippen molar-refractivity contribution >= 4 is 30.0 Å². The predicted octanol–water partition coefficient (Wildman–Crippen LogP) is 1.06. The van der Waals surface area contributed by atoms with E-state index in [-0.39, 0.29) is 19.1 Å². The lowest BCUT2D eigenvalue weighted by molar-refractivity contribution is -0.134. The van der Waals surface area contributed by atoms with Gasteiger partial charge in [-0.1, -0.05) is 30.3 Å². The molecule has 1 N–H and O–H groups in total. The quantitative estimate of drug-likeness (QED) is 0.820. The highest BCUT2D eigenvalue weighted by molar-refractivity contribution is 7.99. The molecule has 2 rings (SSSR count). The summed E-state index contributed by atoms with van der Waals surface area (Å²) in [6, 6.07) is 8.87. The van der Waals surface area contributed by atoms with Gasteiger partial charge in [-0.3, -0.25) is 4.79 Å². The fourth-order valence-corrected chi connectivity index (χ4v) is 3.06. The van der Waals surface area contributed by atoms with Crippen LogP contribution in [0.5, 0.6) is 0 Å². The van der Waals surface area contributed by atoms with E-state index in [1.165, 1.54) is 4.90 Å². The molecule has 0 spiro atoms. The van der Waals surface area contributed by atoms with Crippen LogP contribution in [0.2, 0.25) is 0 Å². The summed E-state index contributed by atoms with van der Waals surface area (Å²) < 4.78 is 5.02. The molecule has 0 bridgehead atoms. The lowest BCUT2D eigenvalue weighted by Crippen LogP contribution is -2.50. The average Bonchev–Trinajstić information content (AvgIpc) is 2.58. The highest BCUT2D eigenvalue weighted by Crippen LogP contribution is 2.14. The molecule has 118 valence electrons. The largest absolute Gasteiger partial charge is 0.445 e. The second-order valence-corrected chi connectivity index (χ2v) is 5.93. The normalized spacial score (nSPS) is 17.6. The van der Waals surface area contributed by atoms with Crippen molar-refractivity contribution in [1.29, 1.82) is 0 Å². The number of carbonyl (C=O) groups excluding carboxylic acids is 3. The zero-order chi connectivity index (χ0) is 15.8. The maximum absolute atomic E-state index is 12.0. The molecule has 1 aromatic rings. The Hall–Kier alpha value is -2.02. The molecule has 0 aliphatic carbocycles. The Morgan fingerprint density at radius 2 is 2.14 bits per heavy atom. The molecule has 1 aliphatic heterocycles. The van der Waals surface area contributed by atoms with Crippen molar-refractivity contribution in [1.82, 2.24) is 10.2 Å². The van der Waals surface area contributed by atoms with Crippen LogP contribution in [-0.2, 0) is 20.9 Å². The van der Waals surface area contributed by atoms with Crippen molar-refractivity contribution in [2.24, 2.45) is 0 Å². The highest BCUT2D eigenvalue weighted by atomic mass is 32.2. The van der Waals surface area contributed by atoms with Gasteiger partial charge in [0.05, 0.1) is 6.04 Å². The maximum Gasteiger partial charge on any atom is 0.407 e. The van der Waals surface area contributed by atoms with Crippen molar-refractivity contribution in [3.8, 4) is 0 Å². The molecular formula is C15H18N2O4S. The van der Waals surface area contributed by atoms with Crippen molar-refractivity contribution in [3.63, 3.8) is 0 Å². The van der Waals surface area contributed by atoms with E-state index < -0.39 is 12.1 Å². The fraction of sp³-hybridized carbons (Fsp3) is 0.400. The fourth-order valence-electron chi connectivity index (χ4n) is 2.07. The molecule has 1 atom stereocenters. The third kappa shape index (κ3) is 4.77. The number of hydrogen-bond acceptors (Lipinski definition) is 5. The second kappa shape index (κ2) is 8.43. The van der Waals surface area contributed by atoms with E-state index in [4.69, 9.17) is 4.74 Å². The van der Waals surface area contributed by atoms with Crippen LogP contribution >= 0.6 is 11.8 Å². The molecule has 1 saturated heterocycles. The zero-order valence-corrected chi connectivity index (χ0v) is 12.9. The second-order valence-electron chi connectivity index (χ2n) is 4.78. The molecule has 0 saturated carbocycles. The monoisotopic (exact) mass is 322 g/mol. The van der Waals surface area contributed by atoms with Gasteiger partial charge in [-0.15, -0.1) is 0 Å². The van der Waals surface area contributed by atoms with Gasteiger partial charge in [0.15, 0.2) is 0 Å². The van der Waals surface area contributed by atoms with Crippen LogP contribution < -0.4 is 5.32 Å². The SMILES string of the molecule is O=CC1CSCCN1C(=O)CNC(=O)OCc1ccccc1. The third-order valence-electron chi connectivity index (χ3n) is 3.24. The average molecular weight is 322 g/mol. The first kappa shape index (κ1) is 16.4. The van der Waals surface area contributed by atoms with Gasteiger partial charge in [-0.25, -0.2) is 4.79 Å². The zero-order valence-electron chi connectivity index (χ0n) is 12.1. The Balaban J connectivity index is 1.73. The Bertz CT molecular complexity index is 524. The number of amides is 2. The molecule has 6 nitrogen and oxygen atoms in total. The lowest BCUT2D eigenvalue weighted by Gasteiger charge is -2.31. The van der Waals surface area contributed by atoms with Gasteiger partial charge in [-0.05, 0) is 5.56 Å². The van der Waals surface area contributed by atoms with Crippen LogP contribution in [0.1, 0.15) is 5.56 Å². The Labute approximate surface area is 133 Å². The topological polar surface area (TPSA) is 75.7 Å². The van der Waals surface area contributed by atoms with Crippen LogP contribution in [0.25, 0.3) is 0 Å². The molecule has 1 heterocycles. The van der Waals surface area contributed by atoms with Gasteiger partial charge in [0.2, 0.25) is 5.91 Å². The minimum Gasteiger partial charge on any atom is -0.445 e. The Kier molecular flexibility index (Phi) is 6.27. The summed E-state index contributed by atoms with van der Waals surface area (Å²) in [5.41, 5.74) is 0.873. The van der Waals surface area contributed by atoms with Gasteiger partial charge in [0.1, 0.15) is 19.4 Å². The maximum atomic E-state index is 12.0. The molecule has 1 unspecified atom stereocenters. The van der Waals surface area contributed by atoms with Crippen molar-refractivity contribution in [2.75, 3.05) is 24.6 Å². The van der Waals surface area contributed by atoms with E-state index in [0.29, 0.717) is 12.3 Å². The van der Waals surface area contributed by atoms with E-state index in [0.717, 1.165) is 17.6 Å². The standard InChI is InChI=1S/C15H18N2O4S/c18-9-13-11-22-7-6-17(13)14(19)8-16-15(20)21-10-12-4-2-1-3-5-12/h1-5,9,13H,6-8,10-11H2,(H,16,20). The number of alkyl carbamates (subject to hydrolysis) is 1. The van der Waals surface area contributed by atoms with Gasteiger partial charge >= 0.3 is 6.09 Å². The van der Waals surface area contributed by atoms with Gasteiger partial charge < -0.3 is 19.7 Å². The summed E-state index contributed by atoms with van der Waals surface area (Å²) in [6.45, 7) is 0.508. The number of benzene rings is 1. The van der Waals surface area contributed by atoms with E-state index in [1.54, 1.807) is 11.8 Å².